The molecular formula is C14H14FN3O4S. The highest BCUT2D eigenvalue weighted by Crippen LogP contribution is 2.37. The molecule has 0 aliphatic carbocycles. The SMILES string of the molecule is COc1cc(N2CCOC(c3nccs3)C2)c([N+](=O)[O-])cc1F. The van der Waals surface area contributed by atoms with Crippen molar-refractivity contribution >= 4 is 22.7 Å². The summed E-state index contributed by atoms with van der Waals surface area (Å²) in [5.41, 5.74) is 0.0289. The minimum atomic E-state index is -0.757. The number of methoxy groups -OCH3 is 1. The van der Waals surface area contributed by atoms with Crippen LogP contribution < -0.4 is 9.64 Å². The van der Waals surface area contributed by atoms with Crippen LogP contribution in [0.5, 0.6) is 5.75 Å². The van der Waals surface area contributed by atoms with E-state index in [-0.39, 0.29) is 17.5 Å². The largest absolute Gasteiger partial charge is 0.494 e. The maximum Gasteiger partial charge on any atom is 0.295 e. The van der Waals surface area contributed by atoms with Gasteiger partial charge in [-0.15, -0.1) is 11.3 Å². The van der Waals surface area contributed by atoms with Gasteiger partial charge in [0.15, 0.2) is 11.6 Å². The van der Waals surface area contributed by atoms with Gasteiger partial charge in [0.2, 0.25) is 0 Å². The lowest BCUT2D eigenvalue weighted by Gasteiger charge is -2.33. The van der Waals surface area contributed by atoms with Crippen LogP contribution in [0.2, 0.25) is 0 Å². The summed E-state index contributed by atoms with van der Waals surface area (Å²) in [4.78, 5) is 16.7. The van der Waals surface area contributed by atoms with Crippen LogP contribution in [0.25, 0.3) is 0 Å². The second-order valence-electron chi connectivity index (χ2n) is 4.91. The van der Waals surface area contributed by atoms with Crippen molar-refractivity contribution in [3.05, 3.63) is 44.6 Å². The molecule has 0 amide bonds. The highest BCUT2D eigenvalue weighted by atomic mass is 32.1. The lowest BCUT2D eigenvalue weighted by Crippen LogP contribution is -2.38. The van der Waals surface area contributed by atoms with Crippen molar-refractivity contribution in [2.45, 2.75) is 6.10 Å². The van der Waals surface area contributed by atoms with Crippen LogP contribution in [0, 0.1) is 15.9 Å². The summed E-state index contributed by atoms with van der Waals surface area (Å²) >= 11 is 1.47. The Morgan fingerprint density at radius 3 is 3.04 bits per heavy atom. The molecule has 3 rings (SSSR count). The standard InChI is InChI=1S/C14H14FN3O4S/c1-21-12-7-10(11(18(19)20)6-9(12)15)17-3-4-22-13(8-17)14-16-2-5-23-14/h2,5-7,13H,3-4,8H2,1H3. The summed E-state index contributed by atoms with van der Waals surface area (Å²) in [6.45, 7) is 1.28. The number of anilines is 1. The molecule has 0 saturated carbocycles. The number of nitro groups is 1. The first-order chi connectivity index (χ1) is 11.1. The van der Waals surface area contributed by atoms with E-state index in [4.69, 9.17) is 9.47 Å². The van der Waals surface area contributed by atoms with Gasteiger partial charge in [0.05, 0.1) is 31.3 Å². The molecule has 0 radical (unpaired) electrons. The quantitative estimate of drug-likeness (QED) is 0.630. The summed E-state index contributed by atoms with van der Waals surface area (Å²) in [5.74, 6) is -0.782. The van der Waals surface area contributed by atoms with Gasteiger partial charge in [-0.2, -0.15) is 0 Å². The van der Waals surface area contributed by atoms with Crippen molar-refractivity contribution < 1.29 is 18.8 Å². The number of ether oxygens (including phenoxy) is 2. The Bertz CT molecular complexity index is 710. The molecule has 1 saturated heterocycles. The molecular weight excluding hydrogens is 325 g/mol. The van der Waals surface area contributed by atoms with E-state index >= 15 is 0 Å². The van der Waals surface area contributed by atoms with Crippen molar-refractivity contribution in [3.63, 3.8) is 0 Å². The van der Waals surface area contributed by atoms with Crippen molar-refractivity contribution in [2.24, 2.45) is 0 Å². The summed E-state index contributed by atoms with van der Waals surface area (Å²) in [6, 6.07) is 2.25. The number of hydrogen-bond donors (Lipinski definition) is 0. The molecule has 1 fully saturated rings. The summed E-state index contributed by atoms with van der Waals surface area (Å²) < 4.78 is 24.4. The number of aromatic nitrogens is 1. The number of nitro benzene ring substituents is 1. The third-order valence-electron chi connectivity index (χ3n) is 3.58. The Hall–Kier alpha value is -2.26. The van der Waals surface area contributed by atoms with Crippen molar-refractivity contribution in [3.8, 4) is 5.75 Å². The van der Waals surface area contributed by atoms with Crippen molar-refractivity contribution in [1.29, 1.82) is 0 Å². The Morgan fingerprint density at radius 2 is 2.39 bits per heavy atom. The van der Waals surface area contributed by atoms with E-state index in [0.717, 1.165) is 11.1 Å². The minimum absolute atomic E-state index is 0.0251. The molecule has 2 aromatic rings. The van der Waals surface area contributed by atoms with Gasteiger partial charge in [-0.05, 0) is 0 Å². The zero-order valence-corrected chi connectivity index (χ0v) is 13.1. The molecule has 1 aromatic heterocycles. The minimum Gasteiger partial charge on any atom is -0.494 e. The van der Waals surface area contributed by atoms with Gasteiger partial charge in [-0.3, -0.25) is 10.1 Å². The molecule has 23 heavy (non-hydrogen) atoms. The fourth-order valence-electron chi connectivity index (χ4n) is 2.50. The first-order valence-corrected chi connectivity index (χ1v) is 7.76. The molecule has 122 valence electrons. The van der Waals surface area contributed by atoms with E-state index in [1.165, 1.54) is 24.5 Å². The Morgan fingerprint density at radius 1 is 1.57 bits per heavy atom. The number of halogens is 1. The molecule has 0 spiro atoms. The third kappa shape index (κ3) is 3.10. The maximum absolute atomic E-state index is 13.8. The number of benzene rings is 1. The number of thiazole rings is 1. The third-order valence-corrected chi connectivity index (χ3v) is 4.45. The Balaban J connectivity index is 1.95. The van der Waals surface area contributed by atoms with E-state index in [1.807, 2.05) is 5.38 Å². The topological polar surface area (TPSA) is 77.7 Å². The number of nitrogens with zero attached hydrogens (tertiary/aromatic N) is 3. The average Bonchev–Trinajstić information content (AvgIpc) is 3.09. The Labute approximate surface area is 135 Å². The van der Waals surface area contributed by atoms with Crippen LogP contribution in [-0.4, -0.2) is 36.7 Å². The smallest absolute Gasteiger partial charge is 0.295 e. The van der Waals surface area contributed by atoms with Crippen molar-refractivity contribution in [1.82, 2.24) is 4.98 Å². The summed E-state index contributed by atoms with van der Waals surface area (Å²) in [7, 11) is 1.33. The molecule has 1 unspecified atom stereocenters. The average molecular weight is 339 g/mol. The van der Waals surface area contributed by atoms with Gasteiger partial charge in [0.1, 0.15) is 16.8 Å². The van der Waals surface area contributed by atoms with E-state index in [2.05, 4.69) is 4.98 Å². The maximum atomic E-state index is 13.8. The van der Waals surface area contributed by atoms with Crippen LogP contribution in [0.1, 0.15) is 11.1 Å². The molecule has 1 atom stereocenters. The second-order valence-corrected chi connectivity index (χ2v) is 5.83. The summed E-state index contributed by atoms with van der Waals surface area (Å²) in [6.07, 6.45) is 1.42. The number of morpholine rings is 1. The van der Waals surface area contributed by atoms with E-state index in [9.17, 15) is 14.5 Å². The monoisotopic (exact) mass is 339 g/mol. The van der Waals surface area contributed by atoms with Crippen molar-refractivity contribution in [2.75, 3.05) is 31.7 Å². The highest BCUT2D eigenvalue weighted by molar-refractivity contribution is 7.09. The highest BCUT2D eigenvalue weighted by Gasteiger charge is 2.29. The zero-order valence-electron chi connectivity index (χ0n) is 12.3. The van der Waals surface area contributed by atoms with Crippen LogP contribution in [-0.2, 0) is 4.74 Å². The molecule has 7 nitrogen and oxygen atoms in total. The summed E-state index contributed by atoms with van der Waals surface area (Å²) in [5, 5.41) is 13.9. The van der Waals surface area contributed by atoms with E-state index in [1.54, 1.807) is 11.1 Å². The van der Waals surface area contributed by atoms with Crippen LogP contribution in [0.4, 0.5) is 15.8 Å². The van der Waals surface area contributed by atoms with Crippen LogP contribution in [0.15, 0.2) is 23.7 Å². The van der Waals surface area contributed by atoms with E-state index in [0.29, 0.717) is 25.4 Å². The number of hydrogen-bond acceptors (Lipinski definition) is 7. The lowest BCUT2D eigenvalue weighted by atomic mass is 10.2. The van der Waals surface area contributed by atoms with Crippen LogP contribution in [0.3, 0.4) is 0 Å². The first kappa shape index (κ1) is 15.6. The predicted molar refractivity (Wildman–Crippen MR) is 82.6 cm³/mol. The normalized spacial score (nSPS) is 18.0. The van der Waals surface area contributed by atoms with E-state index < -0.39 is 10.7 Å². The lowest BCUT2D eigenvalue weighted by molar-refractivity contribution is -0.384. The fraction of sp³-hybridized carbons (Fsp3) is 0.357. The second kappa shape index (κ2) is 6.47. The molecule has 9 heteroatoms. The molecule has 1 aliphatic heterocycles. The number of rotatable bonds is 4. The zero-order chi connectivity index (χ0) is 16.4. The molecule has 1 aromatic carbocycles. The van der Waals surface area contributed by atoms with Gasteiger partial charge >= 0.3 is 0 Å². The predicted octanol–water partition coefficient (Wildman–Crippen LogP) is 2.78. The van der Waals surface area contributed by atoms with Gasteiger partial charge in [-0.25, -0.2) is 9.37 Å². The van der Waals surface area contributed by atoms with Gasteiger partial charge in [0, 0.05) is 24.2 Å². The molecule has 0 N–H and O–H groups in total. The van der Waals surface area contributed by atoms with Gasteiger partial charge in [-0.1, -0.05) is 0 Å². The Kier molecular flexibility index (Phi) is 4.39. The molecule has 2 heterocycles. The van der Waals surface area contributed by atoms with Gasteiger partial charge in [0.25, 0.3) is 5.69 Å². The molecule has 0 bridgehead atoms. The van der Waals surface area contributed by atoms with Gasteiger partial charge < -0.3 is 14.4 Å². The molecule has 1 aliphatic rings. The fourth-order valence-corrected chi connectivity index (χ4v) is 3.18. The first-order valence-electron chi connectivity index (χ1n) is 6.88. The van der Waals surface area contributed by atoms with Crippen LogP contribution >= 0.6 is 11.3 Å².